The first-order chi connectivity index (χ1) is 9.11. The van der Waals surface area contributed by atoms with Crippen molar-refractivity contribution in [3.63, 3.8) is 0 Å². The molecule has 1 aromatic heterocycles. The van der Waals surface area contributed by atoms with Gasteiger partial charge in [0.25, 0.3) is 0 Å². The molecule has 19 heavy (non-hydrogen) atoms. The molecule has 0 aliphatic heterocycles. The van der Waals surface area contributed by atoms with E-state index in [4.69, 9.17) is 9.68 Å². The monoisotopic (exact) mass is 256 g/mol. The van der Waals surface area contributed by atoms with Crippen molar-refractivity contribution < 1.29 is 9.21 Å². The molecular weight excluding hydrogens is 244 g/mol. The minimum Gasteiger partial charge on any atom is -0.417 e. The number of hydrogen-bond donors (Lipinski definition) is 1. The molecule has 1 aromatic carbocycles. The fraction of sp³-hybridized carbons (Fsp3) is 0.231. The van der Waals surface area contributed by atoms with Crippen molar-refractivity contribution in [3.05, 3.63) is 41.6 Å². The zero-order valence-electron chi connectivity index (χ0n) is 10.5. The third-order valence-corrected chi connectivity index (χ3v) is 2.42. The average molecular weight is 256 g/mol. The molecular formula is C13H12N4O2. The molecule has 1 heterocycles. The number of aromatic nitrogens is 2. The second kappa shape index (κ2) is 5.31. The number of carbonyl (C=O) groups excluding carboxylic acids is 1. The molecule has 1 N–H and O–H groups in total. The quantitative estimate of drug-likeness (QED) is 0.909. The van der Waals surface area contributed by atoms with Crippen LogP contribution in [0.2, 0.25) is 0 Å². The third-order valence-electron chi connectivity index (χ3n) is 2.42. The summed E-state index contributed by atoms with van der Waals surface area (Å²) in [7, 11) is 0. The van der Waals surface area contributed by atoms with Crippen molar-refractivity contribution in [2.24, 2.45) is 0 Å². The predicted molar refractivity (Wildman–Crippen MR) is 67.5 cm³/mol. The van der Waals surface area contributed by atoms with Gasteiger partial charge in [0.15, 0.2) is 0 Å². The molecule has 0 spiro atoms. The largest absolute Gasteiger partial charge is 0.417 e. The van der Waals surface area contributed by atoms with Gasteiger partial charge in [-0.25, -0.2) is 0 Å². The molecule has 0 atom stereocenters. The maximum atomic E-state index is 11.9. The summed E-state index contributed by atoms with van der Waals surface area (Å²) < 4.78 is 5.24. The number of benzene rings is 1. The molecule has 0 radical (unpaired) electrons. The van der Waals surface area contributed by atoms with Crippen LogP contribution in [-0.4, -0.2) is 16.1 Å². The maximum absolute atomic E-state index is 11.9. The van der Waals surface area contributed by atoms with Crippen LogP contribution in [0.4, 0.5) is 5.69 Å². The van der Waals surface area contributed by atoms with Gasteiger partial charge >= 0.3 is 11.8 Å². The fourth-order valence-electron chi connectivity index (χ4n) is 1.43. The molecule has 2 aromatic rings. The lowest BCUT2D eigenvalue weighted by Gasteiger charge is -2.03. The lowest BCUT2D eigenvalue weighted by Crippen LogP contribution is -2.13. The smallest absolute Gasteiger partial charge is 0.313 e. The summed E-state index contributed by atoms with van der Waals surface area (Å²) in [6, 6.07) is 8.69. The van der Waals surface area contributed by atoms with Gasteiger partial charge in [0.2, 0.25) is 5.89 Å². The van der Waals surface area contributed by atoms with E-state index in [0.717, 1.165) is 0 Å². The van der Waals surface area contributed by atoms with Crippen LogP contribution in [0.1, 0.15) is 41.9 Å². The Hall–Kier alpha value is -2.68. The topological polar surface area (TPSA) is 91.8 Å². The number of carbonyl (C=O) groups is 1. The van der Waals surface area contributed by atoms with Crippen LogP contribution in [0.5, 0.6) is 0 Å². The van der Waals surface area contributed by atoms with Gasteiger partial charge in [-0.15, -0.1) is 10.2 Å². The molecule has 0 saturated heterocycles. The van der Waals surface area contributed by atoms with Crippen molar-refractivity contribution in [2.45, 2.75) is 19.8 Å². The lowest BCUT2D eigenvalue weighted by molar-refractivity contribution is 0.0988. The molecule has 0 unspecified atom stereocenters. The minimum absolute atomic E-state index is 0.0560. The Morgan fingerprint density at radius 1 is 1.37 bits per heavy atom. The van der Waals surface area contributed by atoms with Crippen molar-refractivity contribution >= 4 is 11.6 Å². The Morgan fingerprint density at radius 2 is 2.11 bits per heavy atom. The van der Waals surface area contributed by atoms with E-state index in [9.17, 15) is 4.79 Å². The van der Waals surface area contributed by atoms with E-state index in [-0.39, 0.29) is 11.8 Å². The molecule has 0 aliphatic carbocycles. The molecule has 1 amide bonds. The lowest BCUT2D eigenvalue weighted by atomic mass is 10.2. The molecule has 0 saturated carbocycles. The highest BCUT2D eigenvalue weighted by molar-refractivity contribution is 6.01. The van der Waals surface area contributed by atoms with Gasteiger partial charge in [0, 0.05) is 5.92 Å². The van der Waals surface area contributed by atoms with Crippen LogP contribution < -0.4 is 5.32 Å². The second-order valence-electron chi connectivity index (χ2n) is 4.21. The van der Waals surface area contributed by atoms with Gasteiger partial charge in [0.05, 0.1) is 11.3 Å². The molecule has 96 valence electrons. The van der Waals surface area contributed by atoms with E-state index < -0.39 is 5.91 Å². The van der Waals surface area contributed by atoms with Gasteiger partial charge in [-0.05, 0) is 12.1 Å². The van der Waals surface area contributed by atoms with E-state index in [1.165, 1.54) is 0 Å². The Morgan fingerprint density at radius 3 is 2.74 bits per heavy atom. The summed E-state index contributed by atoms with van der Waals surface area (Å²) in [5.74, 6) is -0.183. The molecule has 0 fully saturated rings. The molecule has 6 heteroatoms. The Kier molecular flexibility index (Phi) is 3.57. The van der Waals surface area contributed by atoms with Crippen molar-refractivity contribution in [3.8, 4) is 6.07 Å². The van der Waals surface area contributed by atoms with Crippen LogP contribution in [0.15, 0.2) is 28.7 Å². The fourth-order valence-corrected chi connectivity index (χ4v) is 1.43. The number of rotatable bonds is 3. The Bertz CT molecular complexity index is 640. The van der Waals surface area contributed by atoms with E-state index in [1.807, 2.05) is 19.9 Å². The zero-order valence-corrected chi connectivity index (χ0v) is 10.5. The summed E-state index contributed by atoms with van der Waals surface area (Å²) in [6.07, 6.45) is 0. The van der Waals surface area contributed by atoms with E-state index in [1.54, 1.807) is 24.3 Å². The van der Waals surface area contributed by atoms with Gasteiger partial charge in [-0.1, -0.05) is 26.0 Å². The van der Waals surface area contributed by atoms with Gasteiger partial charge in [-0.3, -0.25) is 4.79 Å². The standard InChI is InChI=1S/C13H12N4O2/c1-8(2)12-16-17-13(19-12)11(18)15-10-6-4-3-5-9(10)7-14/h3-6,8H,1-2H3,(H,15,18). The highest BCUT2D eigenvalue weighted by atomic mass is 16.4. The Labute approximate surface area is 110 Å². The number of nitriles is 1. The van der Waals surface area contributed by atoms with Crippen LogP contribution in [-0.2, 0) is 0 Å². The zero-order chi connectivity index (χ0) is 13.8. The summed E-state index contributed by atoms with van der Waals surface area (Å²) in [6.45, 7) is 3.78. The first-order valence-electron chi connectivity index (χ1n) is 5.75. The van der Waals surface area contributed by atoms with Crippen LogP contribution in [0.25, 0.3) is 0 Å². The number of nitrogens with zero attached hydrogens (tertiary/aromatic N) is 3. The highest BCUT2D eigenvalue weighted by Gasteiger charge is 2.17. The molecule has 2 rings (SSSR count). The van der Waals surface area contributed by atoms with Gasteiger partial charge < -0.3 is 9.73 Å². The summed E-state index contributed by atoms with van der Waals surface area (Å²) in [5, 5.41) is 19.0. The van der Waals surface area contributed by atoms with E-state index >= 15 is 0 Å². The van der Waals surface area contributed by atoms with Crippen LogP contribution in [0, 0.1) is 11.3 Å². The minimum atomic E-state index is -0.526. The average Bonchev–Trinajstić information content (AvgIpc) is 2.89. The summed E-state index contributed by atoms with van der Waals surface area (Å²) in [4.78, 5) is 11.9. The van der Waals surface area contributed by atoms with E-state index in [0.29, 0.717) is 17.1 Å². The van der Waals surface area contributed by atoms with Crippen molar-refractivity contribution in [1.29, 1.82) is 5.26 Å². The highest BCUT2D eigenvalue weighted by Crippen LogP contribution is 2.16. The SMILES string of the molecule is CC(C)c1nnc(C(=O)Nc2ccccc2C#N)o1. The number of para-hydroxylation sites is 1. The normalized spacial score (nSPS) is 10.2. The number of nitrogens with one attached hydrogen (secondary N) is 1. The summed E-state index contributed by atoms with van der Waals surface area (Å²) >= 11 is 0. The van der Waals surface area contributed by atoms with Gasteiger partial charge in [0.1, 0.15) is 6.07 Å². The molecule has 0 bridgehead atoms. The third kappa shape index (κ3) is 2.77. The van der Waals surface area contributed by atoms with E-state index in [2.05, 4.69) is 15.5 Å². The number of amides is 1. The number of hydrogen-bond acceptors (Lipinski definition) is 5. The maximum Gasteiger partial charge on any atom is 0.313 e. The Balaban J connectivity index is 2.19. The van der Waals surface area contributed by atoms with Crippen molar-refractivity contribution in [2.75, 3.05) is 5.32 Å². The first kappa shape index (κ1) is 12.8. The number of anilines is 1. The molecule has 0 aliphatic rings. The van der Waals surface area contributed by atoms with Gasteiger partial charge in [-0.2, -0.15) is 5.26 Å². The van der Waals surface area contributed by atoms with Crippen molar-refractivity contribution in [1.82, 2.24) is 10.2 Å². The summed E-state index contributed by atoms with van der Waals surface area (Å²) in [5.41, 5.74) is 0.791. The molecule has 6 nitrogen and oxygen atoms in total. The first-order valence-corrected chi connectivity index (χ1v) is 5.75. The van der Waals surface area contributed by atoms with Crippen LogP contribution >= 0.6 is 0 Å². The van der Waals surface area contributed by atoms with Crippen LogP contribution in [0.3, 0.4) is 0 Å². The second-order valence-corrected chi connectivity index (χ2v) is 4.21. The predicted octanol–water partition coefficient (Wildman–Crippen LogP) is 2.32.